The molecule has 1 fully saturated rings. The molecule has 0 radical (unpaired) electrons. The lowest BCUT2D eigenvalue weighted by Gasteiger charge is -2.17. The predicted octanol–water partition coefficient (Wildman–Crippen LogP) is 7.42. The smallest absolute Gasteiger partial charge is 0.417 e. The number of alkyl halides is 3. The van der Waals surface area contributed by atoms with Crippen molar-refractivity contribution in [3.8, 4) is 23.1 Å². The molecule has 15 heteroatoms. The second kappa shape index (κ2) is 14.1. The van der Waals surface area contributed by atoms with Crippen LogP contribution in [0.1, 0.15) is 38.3 Å². The van der Waals surface area contributed by atoms with E-state index >= 15 is 0 Å². The Morgan fingerprint density at radius 2 is 1.73 bits per heavy atom. The van der Waals surface area contributed by atoms with Gasteiger partial charge in [0.1, 0.15) is 16.8 Å². The van der Waals surface area contributed by atoms with Crippen LogP contribution in [0.5, 0.6) is 5.75 Å². The summed E-state index contributed by atoms with van der Waals surface area (Å²) in [4.78, 5) is 56.5. The molecule has 244 valence electrons. The fourth-order valence-corrected chi connectivity index (χ4v) is 6.34. The quantitative estimate of drug-likeness (QED) is 0.0989. The van der Waals surface area contributed by atoms with Crippen LogP contribution in [0.3, 0.4) is 0 Å². The summed E-state index contributed by atoms with van der Waals surface area (Å²) in [5.41, 5.74) is -1.59. The average molecular weight is 715 g/mol. The maximum absolute atomic E-state index is 14.1. The molecule has 1 aromatic heterocycles. The molecule has 0 bridgehead atoms. The van der Waals surface area contributed by atoms with Crippen molar-refractivity contribution in [1.29, 1.82) is 5.26 Å². The van der Waals surface area contributed by atoms with Crippen molar-refractivity contribution in [3.63, 3.8) is 0 Å². The van der Waals surface area contributed by atoms with E-state index in [9.17, 15) is 37.6 Å². The summed E-state index contributed by atoms with van der Waals surface area (Å²) in [5.74, 6) is -2.36. The monoisotopic (exact) mass is 713 g/mol. The first-order valence-corrected chi connectivity index (χ1v) is 15.4. The van der Waals surface area contributed by atoms with E-state index in [1.54, 1.807) is 6.07 Å². The third kappa shape index (κ3) is 7.31. The molecule has 4 aromatic rings. The number of amides is 2. The number of carbonyl (C=O) groups is 4. The highest BCUT2D eigenvalue weighted by molar-refractivity contribution is 8.00. The Kier molecular flexibility index (Phi) is 10.1. The first-order valence-electron chi connectivity index (χ1n) is 13.8. The molecule has 3 aromatic carbocycles. The zero-order chi connectivity index (χ0) is 34.7. The van der Waals surface area contributed by atoms with Crippen LogP contribution in [-0.4, -0.2) is 47.5 Å². The van der Waals surface area contributed by atoms with Gasteiger partial charge >= 0.3 is 12.1 Å². The number of Topliss-reactive ketones (excluding diaryl/α,β-unsaturated/α-hetero) is 1. The van der Waals surface area contributed by atoms with Crippen molar-refractivity contribution in [3.05, 3.63) is 105 Å². The molecule has 2 amide bonds. The van der Waals surface area contributed by atoms with Crippen molar-refractivity contribution in [2.75, 3.05) is 18.6 Å². The van der Waals surface area contributed by atoms with Crippen molar-refractivity contribution < 1.29 is 41.8 Å². The summed E-state index contributed by atoms with van der Waals surface area (Å²) < 4.78 is 52.3. The number of nitriles is 1. The first kappa shape index (κ1) is 34.4. The predicted molar refractivity (Wildman–Crippen MR) is 170 cm³/mol. The Hall–Kier alpha value is -4.90. The first-order chi connectivity index (χ1) is 22.8. The van der Waals surface area contributed by atoms with Gasteiger partial charge in [0.25, 0.3) is 0 Å². The SMILES string of the molecule is COc1ccc(-c2cc(C(F)(F)F)c(C#N)c(SC3CC(=O)N(c4ccc(C(=O)OCC(=O)c5ccc(Cl)cc5Cl)cc4)C3=O)n2)cc1. The Bertz CT molecular complexity index is 1980. The molecule has 9 nitrogen and oxygen atoms in total. The zero-order valence-electron chi connectivity index (χ0n) is 24.5. The molecule has 2 heterocycles. The van der Waals surface area contributed by atoms with Gasteiger partial charge in [0.05, 0.1) is 45.5 Å². The van der Waals surface area contributed by atoms with Crippen LogP contribution in [0, 0.1) is 11.3 Å². The third-order valence-electron chi connectivity index (χ3n) is 7.08. The van der Waals surface area contributed by atoms with Gasteiger partial charge in [-0.1, -0.05) is 35.0 Å². The number of imide groups is 1. The summed E-state index contributed by atoms with van der Waals surface area (Å²) in [6.45, 7) is -0.613. The number of thioether (sulfide) groups is 1. The second-order valence-electron chi connectivity index (χ2n) is 10.1. The van der Waals surface area contributed by atoms with Crippen LogP contribution < -0.4 is 9.64 Å². The molecule has 0 saturated carbocycles. The fraction of sp³-hybridized carbons (Fsp3) is 0.152. The van der Waals surface area contributed by atoms with Gasteiger partial charge in [-0.15, -0.1) is 0 Å². The number of hydrogen-bond donors (Lipinski definition) is 0. The Morgan fingerprint density at radius 3 is 2.33 bits per heavy atom. The van der Waals surface area contributed by atoms with Crippen molar-refractivity contribution in [1.82, 2.24) is 4.98 Å². The maximum Gasteiger partial charge on any atom is 0.417 e. The van der Waals surface area contributed by atoms with Crippen molar-refractivity contribution in [2.24, 2.45) is 0 Å². The molecule has 1 atom stereocenters. The molecule has 0 spiro atoms. The summed E-state index contributed by atoms with van der Waals surface area (Å²) in [6.07, 6.45) is -5.30. The summed E-state index contributed by atoms with van der Waals surface area (Å²) in [5, 5.41) is 8.55. The number of ether oxygens (including phenoxy) is 2. The van der Waals surface area contributed by atoms with E-state index in [1.165, 1.54) is 73.8 Å². The number of halogens is 5. The molecular weight excluding hydrogens is 694 g/mol. The second-order valence-corrected chi connectivity index (χ2v) is 12.2. The number of nitrogens with zero attached hydrogens (tertiary/aromatic N) is 3. The number of esters is 1. The number of anilines is 1. The Labute approximate surface area is 285 Å². The van der Waals surface area contributed by atoms with E-state index in [-0.39, 0.29) is 39.0 Å². The van der Waals surface area contributed by atoms with Crippen molar-refractivity contribution >= 4 is 64.2 Å². The minimum atomic E-state index is -4.91. The molecular formula is C33H20Cl2F3N3O6S. The van der Waals surface area contributed by atoms with E-state index in [2.05, 4.69) is 4.98 Å². The van der Waals surface area contributed by atoms with Gasteiger partial charge < -0.3 is 9.47 Å². The lowest BCUT2D eigenvalue weighted by molar-refractivity contribution is -0.138. The molecule has 0 aliphatic carbocycles. The van der Waals surface area contributed by atoms with Gasteiger partial charge in [-0.25, -0.2) is 14.7 Å². The van der Waals surface area contributed by atoms with Gasteiger partial charge in [0, 0.05) is 22.6 Å². The molecule has 0 N–H and O–H groups in total. The number of rotatable bonds is 9. The third-order valence-corrected chi connectivity index (χ3v) is 8.79. The lowest BCUT2D eigenvalue weighted by atomic mass is 10.1. The topological polar surface area (TPSA) is 127 Å². The standard InChI is InChI=1S/C33H20Cl2F3N3O6S/c1-46-21-9-4-17(5-10-21)26-13-24(33(36,37)38)23(15-39)30(40-26)48-28-14-29(43)41(31(28)44)20-7-2-18(3-8-20)32(45)47-16-27(42)22-11-6-19(34)12-25(22)35/h2-13,28H,14,16H2,1H3. The molecule has 1 unspecified atom stereocenters. The minimum absolute atomic E-state index is 0.0108. The van der Waals surface area contributed by atoms with Crippen LogP contribution in [0.15, 0.2) is 77.8 Å². The number of pyridine rings is 1. The fourth-order valence-electron chi connectivity index (χ4n) is 4.70. The highest BCUT2D eigenvalue weighted by Gasteiger charge is 2.42. The number of aromatic nitrogens is 1. The Balaban J connectivity index is 1.33. The van der Waals surface area contributed by atoms with E-state index in [0.29, 0.717) is 28.1 Å². The number of carbonyl (C=O) groups excluding carboxylic acids is 4. The number of benzene rings is 3. The van der Waals surface area contributed by atoms with Gasteiger partial charge in [-0.2, -0.15) is 18.4 Å². The molecule has 5 rings (SSSR count). The summed E-state index contributed by atoms with van der Waals surface area (Å²) >= 11 is 12.4. The van der Waals surface area contributed by atoms with Gasteiger partial charge in [0.15, 0.2) is 6.61 Å². The summed E-state index contributed by atoms with van der Waals surface area (Å²) in [7, 11) is 1.43. The molecule has 1 aliphatic rings. The number of ketones is 1. The van der Waals surface area contributed by atoms with Gasteiger partial charge in [0.2, 0.25) is 17.6 Å². The largest absolute Gasteiger partial charge is 0.497 e. The van der Waals surface area contributed by atoms with Crippen LogP contribution in [0.25, 0.3) is 11.3 Å². The molecule has 1 saturated heterocycles. The van der Waals surface area contributed by atoms with Crippen LogP contribution >= 0.6 is 35.0 Å². The number of hydrogen-bond acceptors (Lipinski definition) is 9. The van der Waals surface area contributed by atoms with Crippen LogP contribution in [0.4, 0.5) is 18.9 Å². The highest BCUT2D eigenvalue weighted by atomic mass is 35.5. The van der Waals surface area contributed by atoms with Crippen LogP contribution in [0.2, 0.25) is 10.0 Å². The zero-order valence-corrected chi connectivity index (χ0v) is 26.8. The van der Waals surface area contributed by atoms with Gasteiger partial charge in [-0.05, 0) is 72.8 Å². The van der Waals surface area contributed by atoms with E-state index < -0.39 is 52.7 Å². The number of methoxy groups -OCH3 is 1. The lowest BCUT2D eigenvalue weighted by Crippen LogP contribution is -2.31. The average Bonchev–Trinajstić information content (AvgIpc) is 3.34. The van der Waals surface area contributed by atoms with Gasteiger partial charge in [-0.3, -0.25) is 14.4 Å². The normalized spacial score (nSPS) is 14.5. The highest BCUT2D eigenvalue weighted by Crippen LogP contribution is 2.41. The minimum Gasteiger partial charge on any atom is -0.497 e. The van der Waals surface area contributed by atoms with Crippen LogP contribution in [-0.2, 0) is 20.5 Å². The Morgan fingerprint density at radius 1 is 1.04 bits per heavy atom. The van der Waals surface area contributed by atoms with E-state index in [1.807, 2.05) is 0 Å². The molecule has 48 heavy (non-hydrogen) atoms. The van der Waals surface area contributed by atoms with E-state index in [0.717, 1.165) is 11.0 Å². The summed E-state index contributed by atoms with van der Waals surface area (Å²) in [6, 6.07) is 17.8. The van der Waals surface area contributed by atoms with E-state index in [4.69, 9.17) is 32.7 Å². The maximum atomic E-state index is 14.1. The van der Waals surface area contributed by atoms with Crippen molar-refractivity contribution in [2.45, 2.75) is 22.9 Å². The molecule has 1 aliphatic heterocycles.